The monoisotopic (exact) mass is 468 g/mol. The molecule has 5 rings (SSSR count). The van der Waals surface area contributed by atoms with E-state index in [1.54, 1.807) is 12.1 Å². The molecule has 1 fully saturated rings. The van der Waals surface area contributed by atoms with Crippen LogP contribution in [0.2, 0.25) is 0 Å². The molecule has 3 aromatic carbocycles. The molecule has 1 N–H and O–H groups in total. The van der Waals surface area contributed by atoms with Gasteiger partial charge >= 0.3 is 0 Å². The summed E-state index contributed by atoms with van der Waals surface area (Å²) in [6, 6.07) is 24.6. The van der Waals surface area contributed by atoms with E-state index in [2.05, 4.69) is 64.9 Å². The molecule has 0 bridgehead atoms. The van der Waals surface area contributed by atoms with Gasteiger partial charge in [-0.3, -0.25) is 4.90 Å². The van der Waals surface area contributed by atoms with Gasteiger partial charge in [0.05, 0.1) is 5.69 Å². The zero-order valence-corrected chi connectivity index (χ0v) is 20.7. The maximum absolute atomic E-state index is 9.78. The first-order chi connectivity index (χ1) is 17.2. The minimum Gasteiger partial charge on any atom is -0.508 e. The number of aromatic nitrogens is 1. The number of rotatable bonds is 7. The van der Waals surface area contributed by atoms with Gasteiger partial charge in [0.15, 0.2) is 0 Å². The highest BCUT2D eigenvalue weighted by Gasteiger charge is 2.16. The fourth-order valence-corrected chi connectivity index (χ4v) is 5.34. The van der Waals surface area contributed by atoms with E-state index in [0.717, 1.165) is 31.0 Å². The maximum atomic E-state index is 9.78. The van der Waals surface area contributed by atoms with Crippen molar-refractivity contribution < 1.29 is 9.84 Å². The Bertz CT molecular complexity index is 1230. The van der Waals surface area contributed by atoms with Crippen molar-refractivity contribution in [2.45, 2.75) is 45.6 Å². The second kappa shape index (κ2) is 11.0. The van der Waals surface area contributed by atoms with Crippen molar-refractivity contribution in [3.05, 3.63) is 83.9 Å². The van der Waals surface area contributed by atoms with Gasteiger partial charge in [0.1, 0.15) is 18.1 Å². The van der Waals surface area contributed by atoms with E-state index in [1.807, 2.05) is 12.1 Å². The Morgan fingerprint density at radius 1 is 0.800 bits per heavy atom. The zero-order valence-electron chi connectivity index (χ0n) is 20.7. The largest absolute Gasteiger partial charge is 0.508 e. The predicted octanol–water partition coefficient (Wildman–Crippen LogP) is 7.02. The lowest BCUT2D eigenvalue weighted by Crippen LogP contribution is -2.31. The highest BCUT2D eigenvalue weighted by molar-refractivity contribution is 5.91. The van der Waals surface area contributed by atoms with Crippen LogP contribution >= 0.6 is 0 Å². The number of phenolic OH excluding ortho intramolecular Hbond substituents is 1. The molecule has 0 aliphatic carbocycles. The molecule has 0 amide bonds. The molecule has 182 valence electrons. The third kappa shape index (κ3) is 5.54. The Labute approximate surface area is 208 Å². The van der Waals surface area contributed by atoms with Gasteiger partial charge in [-0.25, -0.2) is 0 Å². The highest BCUT2D eigenvalue weighted by atomic mass is 16.5. The van der Waals surface area contributed by atoms with Crippen LogP contribution in [0.5, 0.6) is 11.5 Å². The van der Waals surface area contributed by atoms with Crippen LogP contribution in [0, 0.1) is 6.92 Å². The summed E-state index contributed by atoms with van der Waals surface area (Å²) in [5.41, 5.74) is 6.03. The molecule has 0 saturated carbocycles. The molecule has 4 heteroatoms. The second-order valence-electron chi connectivity index (χ2n) is 9.73. The Morgan fingerprint density at radius 2 is 1.49 bits per heavy atom. The van der Waals surface area contributed by atoms with Gasteiger partial charge in [-0.15, -0.1) is 0 Å². The number of nitrogens with zero attached hydrogens (tertiary/aromatic N) is 2. The van der Waals surface area contributed by atoms with Crippen LogP contribution in [-0.4, -0.2) is 40.8 Å². The number of phenols is 1. The number of para-hydroxylation sites is 1. The summed E-state index contributed by atoms with van der Waals surface area (Å²) in [4.78, 5) is 2.55. The summed E-state index contributed by atoms with van der Waals surface area (Å²) in [6.45, 7) is 7.12. The molecule has 4 aromatic rings. The maximum Gasteiger partial charge on any atom is 0.119 e. The summed E-state index contributed by atoms with van der Waals surface area (Å²) in [5, 5.41) is 11.0. The number of hydrogen-bond donors (Lipinski definition) is 1. The van der Waals surface area contributed by atoms with Gasteiger partial charge in [-0.05, 0) is 92.0 Å². The van der Waals surface area contributed by atoms with E-state index in [4.69, 9.17) is 4.74 Å². The van der Waals surface area contributed by atoms with E-state index in [1.165, 1.54) is 72.9 Å². The normalized spacial score (nSPS) is 15.1. The number of aryl methyl sites for hydroxylation is 1. The number of ether oxygens (including phenoxy) is 1. The van der Waals surface area contributed by atoms with Crippen LogP contribution in [0.1, 0.15) is 43.2 Å². The Kier molecular flexibility index (Phi) is 7.39. The van der Waals surface area contributed by atoms with Crippen molar-refractivity contribution in [1.29, 1.82) is 0 Å². The molecular formula is C31H36N2O2. The van der Waals surface area contributed by atoms with Gasteiger partial charge in [-0.1, -0.05) is 49.6 Å². The van der Waals surface area contributed by atoms with Crippen LogP contribution in [0.25, 0.3) is 22.2 Å². The molecule has 35 heavy (non-hydrogen) atoms. The number of likely N-dealkylation sites (tertiary alicyclic amines) is 1. The van der Waals surface area contributed by atoms with E-state index in [9.17, 15) is 5.11 Å². The lowest BCUT2D eigenvalue weighted by molar-refractivity contribution is 0.195. The standard InChI is InChI=1S/C31H36N2O2/c1-24-29-9-5-6-10-30(29)33(31(24)26-13-15-27(34)16-14-26)23-25-11-17-28(18-12-25)35-22-21-32-19-7-3-2-4-8-20-32/h5-6,9-18,34H,2-4,7-8,19-23H2,1H3. The van der Waals surface area contributed by atoms with Crippen molar-refractivity contribution in [1.82, 2.24) is 9.47 Å². The number of hydrogen-bond acceptors (Lipinski definition) is 3. The van der Waals surface area contributed by atoms with Crippen LogP contribution < -0.4 is 4.74 Å². The summed E-state index contributed by atoms with van der Waals surface area (Å²) in [7, 11) is 0. The van der Waals surface area contributed by atoms with Crippen LogP contribution in [0.4, 0.5) is 0 Å². The van der Waals surface area contributed by atoms with Gasteiger partial charge < -0.3 is 14.4 Å². The lowest BCUT2D eigenvalue weighted by Gasteiger charge is -2.24. The molecule has 1 aliphatic rings. The van der Waals surface area contributed by atoms with Crippen molar-refractivity contribution in [2.24, 2.45) is 0 Å². The Balaban J connectivity index is 1.30. The van der Waals surface area contributed by atoms with Crippen molar-refractivity contribution in [3.8, 4) is 22.8 Å². The van der Waals surface area contributed by atoms with Crippen LogP contribution in [0.15, 0.2) is 72.8 Å². The smallest absolute Gasteiger partial charge is 0.119 e. The molecule has 0 spiro atoms. The van der Waals surface area contributed by atoms with Crippen molar-refractivity contribution in [3.63, 3.8) is 0 Å². The molecule has 0 unspecified atom stereocenters. The van der Waals surface area contributed by atoms with Crippen molar-refractivity contribution in [2.75, 3.05) is 26.2 Å². The van der Waals surface area contributed by atoms with Crippen molar-refractivity contribution >= 4 is 10.9 Å². The predicted molar refractivity (Wildman–Crippen MR) is 144 cm³/mol. The topological polar surface area (TPSA) is 37.6 Å². The van der Waals surface area contributed by atoms with Gasteiger partial charge in [-0.2, -0.15) is 0 Å². The molecule has 2 heterocycles. The van der Waals surface area contributed by atoms with E-state index in [0.29, 0.717) is 0 Å². The molecule has 1 aliphatic heterocycles. The number of fused-ring (bicyclic) bond motifs is 1. The number of benzene rings is 3. The summed E-state index contributed by atoms with van der Waals surface area (Å²) < 4.78 is 8.48. The Morgan fingerprint density at radius 3 is 2.23 bits per heavy atom. The number of aromatic hydroxyl groups is 1. The Hall–Kier alpha value is -3.24. The molecule has 0 atom stereocenters. The van der Waals surface area contributed by atoms with Crippen LogP contribution in [-0.2, 0) is 6.54 Å². The first-order valence-corrected chi connectivity index (χ1v) is 13.0. The van der Waals surface area contributed by atoms with Crippen LogP contribution in [0.3, 0.4) is 0 Å². The second-order valence-corrected chi connectivity index (χ2v) is 9.73. The summed E-state index contributed by atoms with van der Waals surface area (Å²) >= 11 is 0. The minimum atomic E-state index is 0.288. The SMILES string of the molecule is Cc1c(-c2ccc(O)cc2)n(Cc2ccc(OCCN3CCCCCCC3)cc2)c2ccccc12. The molecular weight excluding hydrogens is 432 g/mol. The quantitative estimate of drug-likeness (QED) is 0.317. The lowest BCUT2D eigenvalue weighted by atomic mass is 10.1. The molecule has 4 nitrogen and oxygen atoms in total. The molecule has 1 saturated heterocycles. The van der Waals surface area contributed by atoms with Gasteiger partial charge in [0.2, 0.25) is 0 Å². The van der Waals surface area contributed by atoms with Gasteiger partial charge in [0.25, 0.3) is 0 Å². The first-order valence-electron chi connectivity index (χ1n) is 13.0. The summed E-state index contributed by atoms with van der Waals surface area (Å²) in [5.74, 6) is 1.23. The third-order valence-corrected chi connectivity index (χ3v) is 7.25. The fraction of sp³-hybridized carbons (Fsp3) is 0.355. The molecule has 0 radical (unpaired) electrons. The van der Waals surface area contributed by atoms with Gasteiger partial charge in [0, 0.05) is 24.0 Å². The zero-order chi connectivity index (χ0) is 24.0. The highest BCUT2D eigenvalue weighted by Crippen LogP contribution is 2.34. The van der Waals surface area contributed by atoms with E-state index >= 15 is 0 Å². The third-order valence-electron chi connectivity index (χ3n) is 7.25. The van der Waals surface area contributed by atoms with E-state index < -0.39 is 0 Å². The average molecular weight is 469 g/mol. The molecule has 1 aromatic heterocycles. The minimum absolute atomic E-state index is 0.288. The first kappa shape index (κ1) is 23.5. The average Bonchev–Trinajstić information content (AvgIpc) is 3.13. The van der Waals surface area contributed by atoms with E-state index in [-0.39, 0.29) is 5.75 Å². The summed E-state index contributed by atoms with van der Waals surface area (Å²) in [6.07, 6.45) is 6.75. The fourth-order valence-electron chi connectivity index (χ4n) is 5.34.